The molecule has 1 aliphatic rings. The third kappa shape index (κ3) is 5.25. The van der Waals surface area contributed by atoms with Crippen LogP contribution in [0, 0.1) is 13.8 Å². The molecular weight excluding hydrogens is 302 g/mol. The Kier molecular flexibility index (Phi) is 6.64. The molecule has 5 nitrogen and oxygen atoms in total. The molecule has 0 atom stereocenters. The third-order valence-corrected chi connectivity index (χ3v) is 4.66. The second-order valence-electron chi connectivity index (χ2n) is 6.66. The number of carbonyl (C=O) groups excluding carboxylic acids is 2. The highest BCUT2D eigenvalue weighted by molar-refractivity contribution is 5.89. The van der Waals surface area contributed by atoms with Gasteiger partial charge in [0, 0.05) is 31.2 Å². The van der Waals surface area contributed by atoms with Crippen LogP contribution in [0.25, 0.3) is 0 Å². The van der Waals surface area contributed by atoms with Gasteiger partial charge in [0.05, 0.1) is 0 Å². The number of unbranched alkanes of at least 4 members (excludes halogenated alkanes) is 1. The number of carbonyl (C=O) groups is 2. The minimum Gasteiger partial charge on any atom is -0.353 e. The molecule has 0 aromatic heterocycles. The van der Waals surface area contributed by atoms with E-state index in [-0.39, 0.29) is 18.0 Å². The van der Waals surface area contributed by atoms with Gasteiger partial charge in [-0.25, -0.2) is 4.79 Å². The van der Waals surface area contributed by atoms with Gasteiger partial charge in [-0.15, -0.1) is 0 Å². The SMILES string of the molecule is CCCCC(=O)NC1CCN(C(=O)Nc2ccc(C)c(C)c2)CC1. The fourth-order valence-corrected chi connectivity index (χ4v) is 2.89. The molecule has 1 fully saturated rings. The zero-order chi connectivity index (χ0) is 17.5. The first-order chi connectivity index (χ1) is 11.5. The van der Waals surface area contributed by atoms with Crippen molar-refractivity contribution >= 4 is 17.6 Å². The van der Waals surface area contributed by atoms with Crippen molar-refractivity contribution in [3.05, 3.63) is 29.3 Å². The summed E-state index contributed by atoms with van der Waals surface area (Å²) in [5.74, 6) is 0.134. The molecule has 0 bridgehead atoms. The molecule has 0 aliphatic carbocycles. The van der Waals surface area contributed by atoms with Gasteiger partial charge in [-0.05, 0) is 56.4 Å². The first-order valence-electron chi connectivity index (χ1n) is 8.92. The summed E-state index contributed by atoms with van der Waals surface area (Å²) >= 11 is 0. The van der Waals surface area contributed by atoms with Crippen LogP contribution in [-0.4, -0.2) is 36.0 Å². The van der Waals surface area contributed by atoms with E-state index in [0.717, 1.165) is 31.4 Å². The number of aryl methyl sites for hydroxylation is 2. The molecule has 0 spiro atoms. The van der Waals surface area contributed by atoms with Gasteiger partial charge in [0.15, 0.2) is 0 Å². The molecule has 1 heterocycles. The van der Waals surface area contributed by atoms with Crippen LogP contribution in [0.4, 0.5) is 10.5 Å². The van der Waals surface area contributed by atoms with Crippen molar-refractivity contribution in [1.82, 2.24) is 10.2 Å². The molecule has 2 rings (SSSR count). The van der Waals surface area contributed by atoms with E-state index in [2.05, 4.69) is 24.5 Å². The summed E-state index contributed by atoms with van der Waals surface area (Å²) in [5.41, 5.74) is 3.21. The van der Waals surface area contributed by atoms with Gasteiger partial charge < -0.3 is 15.5 Å². The van der Waals surface area contributed by atoms with Crippen molar-refractivity contribution < 1.29 is 9.59 Å². The van der Waals surface area contributed by atoms with Gasteiger partial charge in [0.2, 0.25) is 5.91 Å². The number of urea groups is 1. The highest BCUT2D eigenvalue weighted by atomic mass is 16.2. The van der Waals surface area contributed by atoms with Crippen LogP contribution in [0.1, 0.15) is 50.2 Å². The number of piperidine rings is 1. The number of amides is 3. The lowest BCUT2D eigenvalue weighted by Gasteiger charge is -2.32. The topological polar surface area (TPSA) is 61.4 Å². The molecule has 132 valence electrons. The van der Waals surface area contributed by atoms with E-state index >= 15 is 0 Å². The summed E-state index contributed by atoms with van der Waals surface area (Å²) in [6.07, 6.45) is 4.20. The average Bonchev–Trinajstić information content (AvgIpc) is 2.57. The lowest BCUT2D eigenvalue weighted by atomic mass is 10.0. The monoisotopic (exact) mass is 331 g/mol. The zero-order valence-corrected chi connectivity index (χ0v) is 15.0. The van der Waals surface area contributed by atoms with Crippen LogP contribution in [0.2, 0.25) is 0 Å². The van der Waals surface area contributed by atoms with Crippen LogP contribution >= 0.6 is 0 Å². The van der Waals surface area contributed by atoms with E-state index in [1.807, 2.05) is 30.0 Å². The van der Waals surface area contributed by atoms with Crippen molar-refractivity contribution in [2.75, 3.05) is 18.4 Å². The van der Waals surface area contributed by atoms with Gasteiger partial charge >= 0.3 is 6.03 Å². The summed E-state index contributed by atoms with van der Waals surface area (Å²) in [5, 5.41) is 6.04. The standard InChI is InChI=1S/C19H29N3O2/c1-4-5-6-18(23)20-16-9-11-22(12-10-16)19(24)21-17-8-7-14(2)15(3)13-17/h7-8,13,16H,4-6,9-12H2,1-3H3,(H,20,23)(H,21,24). The average molecular weight is 331 g/mol. The van der Waals surface area contributed by atoms with E-state index in [1.165, 1.54) is 11.1 Å². The molecule has 1 aliphatic heterocycles. The van der Waals surface area contributed by atoms with Crippen LogP contribution in [0.5, 0.6) is 0 Å². The first-order valence-corrected chi connectivity index (χ1v) is 8.92. The summed E-state index contributed by atoms with van der Waals surface area (Å²) in [4.78, 5) is 26.0. The number of benzene rings is 1. The normalized spacial score (nSPS) is 15.2. The lowest BCUT2D eigenvalue weighted by Crippen LogP contribution is -2.47. The summed E-state index contributed by atoms with van der Waals surface area (Å²) in [6, 6.07) is 6.08. The Bertz CT molecular complexity index is 578. The number of hydrogen-bond donors (Lipinski definition) is 2. The van der Waals surface area contributed by atoms with E-state index in [4.69, 9.17) is 0 Å². The molecule has 1 aromatic carbocycles. The molecule has 0 radical (unpaired) electrons. The molecule has 2 N–H and O–H groups in total. The Labute approximate surface area is 144 Å². The number of nitrogens with one attached hydrogen (secondary N) is 2. The van der Waals surface area contributed by atoms with E-state index in [9.17, 15) is 9.59 Å². The number of hydrogen-bond acceptors (Lipinski definition) is 2. The minimum atomic E-state index is -0.0611. The first kappa shape index (κ1) is 18.3. The molecule has 1 saturated heterocycles. The fraction of sp³-hybridized carbons (Fsp3) is 0.579. The highest BCUT2D eigenvalue weighted by Gasteiger charge is 2.23. The second-order valence-corrected chi connectivity index (χ2v) is 6.66. The molecule has 1 aromatic rings. The van der Waals surface area contributed by atoms with Crippen molar-refractivity contribution in [2.45, 2.75) is 58.9 Å². The van der Waals surface area contributed by atoms with Crippen LogP contribution in [-0.2, 0) is 4.79 Å². The molecule has 0 saturated carbocycles. The Morgan fingerprint density at radius 1 is 1.17 bits per heavy atom. The van der Waals surface area contributed by atoms with E-state index in [1.54, 1.807) is 0 Å². The largest absolute Gasteiger partial charge is 0.353 e. The number of anilines is 1. The van der Waals surface area contributed by atoms with E-state index in [0.29, 0.717) is 19.5 Å². The summed E-state index contributed by atoms with van der Waals surface area (Å²) < 4.78 is 0. The molecule has 0 unspecified atom stereocenters. The highest BCUT2D eigenvalue weighted by Crippen LogP contribution is 2.16. The molecular formula is C19H29N3O2. The van der Waals surface area contributed by atoms with Gasteiger partial charge in [0.25, 0.3) is 0 Å². The van der Waals surface area contributed by atoms with Crippen LogP contribution in [0.3, 0.4) is 0 Å². The van der Waals surface area contributed by atoms with Crippen molar-refractivity contribution in [3.63, 3.8) is 0 Å². The van der Waals surface area contributed by atoms with Gasteiger partial charge in [-0.3, -0.25) is 4.79 Å². The molecule has 24 heavy (non-hydrogen) atoms. The Hall–Kier alpha value is -2.04. The lowest BCUT2D eigenvalue weighted by molar-refractivity contribution is -0.122. The maximum atomic E-state index is 12.4. The van der Waals surface area contributed by atoms with Gasteiger partial charge in [-0.2, -0.15) is 0 Å². The minimum absolute atomic E-state index is 0.0611. The zero-order valence-electron chi connectivity index (χ0n) is 15.0. The Morgan fingerprint density at radius 3 is 2.50 bits per heavy atom. The smallest absolute Gasteiger partial charge is 0.321 e. The maximum absolute atomic E-state index is 12.4. The predicted molar refractivity (Wildman–Crippen MR) is 97.2 cm³/mol. The number of nitrogens with zero attached hydrogens (tertiary/aromatic N) is 1. The van der Waals surface area contributed by atoms with E-state index < -0.39 is 0 Å². The van der Waals surface area contributed by atoms with Crippen molar-refractivity contribution in [2.24, 2.45) is 0 Å². The second kappa shape index (κ2) is 8.71. The maximum Gasteiger partial charge on any atom is 0.321 e. The fourth-order valence-electron chi connectivity index (χ4n) is 2.89. The van der Waals surface area contributed by atoms with Crippen LogP contribution < -0.4 is 10.6 Å². The van der Waals surface area contributed by atoms with Crippen molar-refractivity contribution in [3.8, 4) is 0 Å². The molecule has 5 heteroatoms. The van der Waals surface area contributed by atoms with Crippen molar-refractivity contribution in [1.29, 1.82) is 0 Å². The number of likely N-dealkylation sites (tertiary alicyclic amines) is 1. The summed E-state index contributed by atoms with van der Waals surface area (Å²) in [6.45, 7) is 7.53. The molecule has 3 amide bonds. The van der Waals surface area contributed by atoms with Gasteiger partial charge in [-0.1, -0.05) is 19.4 Å². The van der Waals surface area contributed by atoms with Gasteiger partial charge in [0.1, 0.15) is 0 Å². The predicted octanol–water partition coefficient (Wildman–Crippen LogP) is 3.61. The Balaban J connectivity index is 1.78. The third-order valence-electron chi connectivity index (χ3n) is 4.66. The Morgan fingerprint density at radius 2 is 1.88 bits per heavy atom. The number of rotatable bonds is 5. The van der Waals surface area contributed by atoms with Crippen LogP contribution in [0.15, 0.2) is 18.2 Å². The summed E-state index contributed by atoms with van der Waals surface area (Å²) in [7, 11) is 0. The quantitative estimate of drug-likeness (QED) is 0.866.